The number of ether oxygens (including phenoxy) is 1. The number of amides is 1. The topological polar surface area (TPSA) is 77.3 Å². The van der Waals surface area contributed by atoms with Crippen LogP contribution in [0.4, 0.5) is 0 Å². The molecule has 0 saturated heterocycles. The molecule has 0 N–H and O–H groups in total. The van der Waals surface area contributed by atoms with Gasteiger partial charge in [0.15, 0.2) is 0 Å². The van der Waals surface area contributed by atoms with Crippen molar-refractivity contribution in [1.29, 1.82) is 0 Å². The average Bonchev–Trinajstić information content (AvgIpc) is 3.26. The van der Waals surface area contributed by atoms with Crippen molar-refractivity contribution in [2.75, 3.05) is 14.2 Å². The molecule has 0 saturated carbocycles. The molecule has 1 heterocycles. The molecule has 1 amide bonds. The van der Waals surface area contributed by atoms with Gasteiger partial charge in [-0.2, -0.15) is 5.10 Å². The molecule has 0 fully saturated rings. The molecule has 0 spiro atoms. The van der Waals surface area contributed by atoms with Crippen molar-refractivity contribution >= 4 is 11.9 Å². The van der Waals surface area contributed by atoms with Gasteiger partial charge in [-0.05, 0) is 48.9 Å². The maximum atomic E-state index is 12.8. The van der Waals surface area contributed by atoms with Crippen molar-refractivity contribution in [2.45, 2.75) is 13.0 Å². The molecular formula is C20H20N4O3. The normalized spacial score (nSPS) is 11.7. The van der Waals surface area contributed by atoms with Crippen LogP contribution in [0.25, 0.3) is 5.69 Å². The Morgan fingerprint density at radius 1 is 1.04 bits per heavy atom. The van der Waals surface area contributed by atoms with Crippen LogP contribution in [0.1, 0.15) is 39.2 Å². The lowest BCUT2D eigenvalue weighted by Crippen LogP contribution is -2.29. The molecule has 0 bridgehead atoms. The minimum absolute atomic E-state index is 0.123. The first-order valence-corrected chi connectivity index (χ1v) is 8.41. The third-order valence-electron chi connectivity index (χ3n) is 4.51. The number of methoxy groups -OCH3 is 1. The molecule has 0 radical (unpaired) electrons. The minimum atomic E-state index is -0.428. The predicted molar refractivity (Wildman–Crippen MR) is 99.6 cm³/mol. The van der Waals surface area contributed by atoms with Gasteiger partial charge in [-0.1, -0.05) is 12.1 Å². The van der Waals surface area contributed by atoms with Crippen LogP contribution in [0.5, 0.6) is 0 Å². The summed E-state index contributed by atoms with van der Waals surface area (Å²) in [6.45, 7) is 1.96. The van der Waals surface area contributed by atoms with Crippen LogP contribution in [0.3, 0.4) is 0 Å². The number of nitrogens with zero attached hydrogens (tertiary/aromatic N) is 4. The Morgan fingerprint density at radius 3 is 2.22 bits per heavy atom. The number of hydrogen-bond acceptors (Lipinski definition) is 5. The number of aromatic nitrogens is 3. The fourth-order valence-corrected chi connectivity index (χ4v) is 2.72. The number of benzene rings is 2. The Kier molecular flexibility index (Phi) is 5.30. The molecule has 0 aliphatic heterocycles. The molecule has 1 aromatic heterocycles. The van der Waals surface area contributed by atoms with Crippen LogP contribution in [-0.4, -0.2) is 45.7 Å². The van der Waals surface area contributed by atoms with Crippen LogP contribution >= 0.6 is 0 Å². The molecule has 0 aliphatic carbocycles. The van der Waals surface area contributed by atoms with E-state index in [1.165, 1.54) is 13.4 Å². The zero-order valence-corrected chi connectivity index (χ0v) is 15.4. The lowest BCUT2D eigenvalue weighted by molar-refractivity contribution is 0.0599. The third kappa shape index (κ3) is 3.87. The Bertz CT molecular complexity index is 919. The Hall–Kier alpha value is -3.48. The van der Waals surface area contributed by atoms with E-state index in [4.69, 9.17) is 0 Å². The van der Waals surface area contributed by atoms with Gasteiger partial charge >= 0.3 is 5.97 Å². The van der Waals surface area contributed by atoms with E-state index in [1.807, 2.05) is 31.2 Å². The van der Waals surface area contributed by atoms with Gasteiger partial charge in [0.25, 0.3) is 5.91 Å². The summed E-state index contributed by atoms with van der Waals surface area (Å²) in [6.07, 6.45) is 3.11. The largest absolute Gasteiger partial charge is 0.465 e. The van der Waals surface area contributed by atoms with E-state index >= 15 is 0 Å². The molecule has 7 nitrogen and oxygen atoms in total. The van der Waals surface area contributed by atoms with E-state index in [0.29, 0.717) is 11.1 Å². The molecule has 3 aromatic rings. The van der Waals surface area contributed by atoms with Gasteiger partial charge < -0.3 is 9.64 Å². The Labute approximate surface area is 157 Å². The maximum absolute atomic E-state index is 12.8. The number of hydrogen-bond donors (Lipinski definition) is 0. The van der Waals surface area contributed by atoms with Crippen LogP contribution in [-0.2, 0) is 4.74 Å². The second-order valence-electron chi connectivity index (χ2n) is 6.09. The summed E-state index contributed by atoms with van der Waals surface area (Å²) in [6, 6.07) is 14.1. The number of rotatable bonds is 5. The highest BCUT2D eigenvalue weighted by atomic mass is 16.5. The third-order valence-corrected chi connectivity index (χ3v) is 4.51. The van der Waals surface area contributed by atoms with Crippen molar-refractivity contribution in [1.82, 2.24) is 19.7 Å². The highest BCUT2D eigenvalue weighted by molar-refractivity contribution is 5.96. The first kappa shape index (κ1) is 18.3. The summed E-state index contributed by atoms with van der Waals surface area (Å²) < 4.78 is 6.34. The fourth-order valence-electron chi connectivity index (χ4n) is 2.72. The van der Waals surface area contributed by atoms with E-state index in [-0.39, 0.29) is 11.9 Å². The fraction of sp³-hybridized carbons (Fsp3) is 0.200. The van der Waals surface area contributed by atoms with E-state index in [2.05, 4.69) is 14.8 Å². The lowest BCUT2D eigenvalue weighted by Gasteiger charge is -2.25. The van der Waals surface area contributed by atoms with Gasteiger partial charge in [0, 0.05) is 12.6 Å². The average molecular weight is 364 g/mol. The van der Waals surface area contributed by atoms with Gasteiger partial charge in [-0.3, -0.25) is 4.79 Å². The molecular weight excluding hydrogens is 344 g/mol. The first-order chi connectivity index (χ1) is 13.0. The summed E-state index contributed by atoms with van der Waals surface area (Å²) in [5.41, 5.74) is 2.82. The van der Waals surface area contributed by atoms with E-state index in [9.17, 15) is 9.59 Å². The summed E-state index contributed by atoms with van der Waals surface area (Å²) in [5.74, 6) is -0.553. The Morgan fingerprint density at radius 2 is 1.67 bits per heavy atom. The van der Waals surface area contributed by atoms with Crippen molar-refractivity contribution < 1.29 is 14.3 Å². The predicted octanol–water partition coefficient (Wildman–Crippen LogP) is 2.89. The van der Waals surface area contributed by atoms with Crippen molar-refractivity contribution in [3.05, 3.63) is 77.9 Å². The molecule has 138 valence electrons. The molecule has 7 heteroatoms. The Balaban J connectivity index is 1.73. The van der Waals surface area contributed by atoms with Crippen LogP contribution in [0.2, 0.25) is 0 Å². The standard InChI is InChI=1S/C20H20N4O3/c1-14(15-8-10-18(11-9-15)24-13-21-12-22-24)23(2)19(25)16-4-6-17(7-5-16)20(26)27-3/h4-14H,1-3H3/t14-/m0/s1. The number of carbonyl (C=O) groups excluding carboxylic acids is 2. The van der Waals surface area contributed by atoms with Crippen LogP contribution in [0, 0.1) is 0 Å². The van der Waals surface area contributed by atoms with E-state index < -0.39 is 5.97 Å². The van der Waals surface area contributed by atoms with E-state index in [0.717, 1.165) is 11.3 Å². The molecule has 2 aromatic carbocycles. The van der Waals surface area contributed by atoms with Crippen molar-refractivity contribution in [3.63, 3.8) is 0 Å². The summed E-state index contributed by atoms with van der Waals surface area (Å²) in [4.78, 5) is 29.9. The lowest BCUT2D eigenvalue weighted by atomic mass is 10.1. The second kappa shape index (κ2) is 7.82. The number of carbonyl (C=O) groups is 2. The second-order valence-corrected chi connectivity index (χ2v) is 6.09. The highest BCUT2D eigenvalue weighted by Gasteiger charge is 2.19. The van der Waals surface area contributed by atoms with Gasteiger partial charge in [0.05, 0.1) is 24.4 Å². The zero-order chi connectivity index (χ0) is 19.4. The van der Waals surface area contributed by atoms with Crippen molar-refractivity contribution in [2.24, 2.45) is 0 Å². The first-order valence-electron chi connectivity index (χ1n) is 8.41. The van der Waals surface area contributed by atoms with Crippen LogP contribution < -0.4 is 0 Å². The summed E-state index contributed by atoms with van der Waals surface area (Å²) >= 11 is 0. The van der Waals surface area contributed by atoms with Gasteiger partial charge in [-0.15, -0.1) is 0 Å². The molecule has 27 heavy (non-hydrogen) atoms. The van der Waals surface area contributed by atoms with Crippen LogP contribution in [0.15, 0.2) is 61.2 Å². The monoisotopic (exact) mass is 364 g/mol. The van der Waals surface area contributed by atoms with Crippen molar-refractivity contribution in [3.8, 4) is 5.69 Å². The molecule has 1 atom stereocenters. The highest BCUT2D eigenvalue weighted by Crippen LogP contribution is 2.22. The molecule has 3 rings (SSSR count). The smallest absolute Gasteiger partial charge is 0.337 e. The van der Waals surface area contributed by atoms with E-state index in [1.54, 1.807) is 47.2 Å². The SMILES string of the molecule is COC(=O)c1ccc(C(=O)N(C)[C@@H](C)c2ccc(-n3cncn3)cc2)cc1. The molecule has 0 unspecified atom stereocenters. The number of esters is 1. The quantitative estimate of drug-likeness (QED) is 0.651. The maximum Gasteiger partial charge on any atom is 0.337 e. The molecule has 0 aliphatic rings. The minimum Gasteiger partial charge on any atom is -0.465 e. The summed E-state index contributed by atoms with van der Waals surface area (Å²) in [5, 5.41) is 4.10. The summed E-state index contributed by atoms with van der Waals surface area (Å²) in [7, 11) is 3.08. The van der Waals surface area contributed by atoms with Gasteiger partial charge in [0.1, 0.15) is 12.7 Å². The zero-order valence-electron chi connectivity index (χ0n) is 15.4. The van der Waals surface area contributed by atoms with Gasteiger partial charge in [-0.25, -0.2) is 14.5 Å². The van der Waals surface area contributed by atoms with Gasteiger partial charge in [0.2, 0.25) is 0 Å².